The van der Waals surface area contributed by atoms with E-state index >= 15 is 0 Å². The van der Waals surface area contributed by atoms with E-state index < -0.39 is 5.97 Å². The van der Waals surface area contributed by atoms with Crippen LogP contribution in [0.4, 0.5) is 0 Å². The molecule has 0 aromatic carbocycles. The van der Waals surface area contributed by atoms with Crippen molar-refractivity contribution in [2.24, 2.45) is 0 Å². The van der Waals surface area contributed by atoms with Crippen LogP contribution in [0.15, 0.2) is 0 Å². The molecule has 0 spiro atoms. The Morgan fingerprint density at radius 2 is 0.962 bits per heavy atom. The van der Waals surface area contributed by atoms with E-state index in [4.69, 9.17) is 0 Å². The van der Waals surface area contributed by atoms with Crippen LogP contribution < -0.4 is 34.7 Å². The van der Waals surface area contributed by atoms with Crippen LogP contribution in [0.3, 0.4) is 0 Å². The average Bonchev–Trinajstić information content (AvgIpc) is 2.59. The number of nitrogens with zero attached hydrogens (tertiary/aromatic N) is 1. The van der Waals surface area contributed by atoms with E-state index in [1.54, 1.807) is 0 Å². The molecule has 0 rings (SSSR count). The fraction of sp³-hybridized carbons (Fsp3) is 0.955. The van der Waals surface area contributed by atoms with Crippen LogP contribution in [0.25, 0.3) is 0 Å². The molecule has 0 aliphatic rings. The van der Waals surface area contributed by atoms with E-state index in [2.05, 4.69) is 18.7 Å². The monoisotopic (exact) mass is 377 g/mol. The normalized spacial score (nSPS) is 10.9. The molecule has 0 fully saturated rings. The zero-order valence-corrected chi connectivity index (χ0v) is 20.2. The molecule has 150 valence electrons. The summed E-state index contributed by atoms with van der Waals surface area (Å²) in [5.41, 5.74) is 0. The number of carboxylic acids is 1. The summed E-state index contributed by atoms with van der Waals surface area (Å²) < 4.78 is 0. The zero-order chi connectivity index (χ0) is 18.6. The van der Waals surface area contributed by atoms with Crippen molar-refractivity contribution in [2.75, 3.05) is 19.6 Å². The third-order valence-corrected chi connectivity index (χ3v) is 5.01. The molecule has 0 atom stereocenters. The van der Waals surface area contributed by atoms with Crippen LogP contribution in [-0.2, 0) is 4.79 Å². The third-order valence-electron chi connectivity index (χ3n) is 5.01. The Bertz CT molecular complexity index is 271. The van der Waals surface area contributed by atoms with Crippen LogP contribution >= 0.6 is 0 Å². The SMILES string of the molecule is CCCCCCCCN(CCCCCCCC)CCCCCC(=O)[O-].[Na+]. The van der Waals surface area contributed by atoms with E-state index in [9.17, 15) is 9.90 Å². The van der Waals surface area contributed by atoms with Gasteiger partial charge in [-0.25, -0.2) is 0 Å². The molecule has 3 nitrogen and oxygen atoms in total. The number of carbonyl (C=O) groups excluding carboxylic acids is 1. The molecule has 0 N–H and O–H groups in total. The minimum Gasteiger partial charge on any atom is -0.550 e. The minimum atomic E-state index is -0.906. The summed E-state index contributed by atoms with van der Waals surface area (Å²) in [4.78, 5) is 13.1. The number of carboxylic acid groups (broad SMARTS) is 1. The molecular weight excluding hydrogens is 333 g/mol. The summed E-state index contributed by atoms with van der Waals surface area (Å²) in [6.45, 7) is 8.12. The van der Waals surface area contributed by atoms with Gasteiger partial charge in [0.15, 0.2) is 0 Å². The van der Waals surface area contributed by atoms with Gasteiger partial charge < -0.3 is 14.8 Å². The Morgan fingerprint density at radius 1 is 0.615 bits per heavy atom. The average molecular weight is 378 g/mol. The molecule has 0 heterocycles. The first-order chi connectivity index (χ1) is 12.2. The van der Waals surface area contributed by atoms with Crippen molar-refractivity contribution in [1.82, 2.24) is 4.90 Å². The molecule has 0 aliphatic heterocycles. The standard InChI is InChI=1S/C22H45NO2.Na/c1-3-5-7-9-11-15-19-23(20-16-12-10-8-6-4-2)21-17-13-14-18-22(24)25;/h3-21H2,1-2H3,(H,24,25);/q;+1/p-1. The predicted molar refractivity (Wildman–Crippen MR) is 107 cm³/mol. The van der Waals surface area contributed by atoms with Gasteiger partial charge in [-0.05, 0) is 51.7 Å². The first-order valence-electron chi connectivity index (χ1n) is 11.1. The van der Waals surface area contributed by atoms with E-state index in [1.807, 2.05) is 0 Å². The van der Waals surface area contributed by atoms with E-state index in [0.29, 0.717) is 0 Å². The summed E-state index contributed by atoms with van der Waals surface area (Å²) in [6, 6.07) is 0. The number of hydrogen-bond acceptors (Lipinski definition) is 3. The topological polar surface area (TPSA) is 43.4 Å². The van der Waals surface area contributed by atoms with Crippen LogP contribution in [0.1, 0.15) is 117 Å². The Hall–Kier alpha value is 0.430. The van der Waals surface area contributed by atoms with Crippen molar-refractivity contribution in [2.45, 2.75) is 117 Å². The molecule has 0 aromatic rings. The van der Waals surface area contributed by atoms with Crippen molar-refractivity contribution >= 4 is 5.97 Å². The second-order valence-electron chi connectivity index (χ2n) is 7.56. The molecule has 0 aromatic heterocycles. The molecule has 0 saturated carbocycles. The number of rotatable bonds is 20. The Kier molecular flexibility index (Phi) is 25.9. The van der Waals surface area contributed by atoms with Gasteiger partial charge in [0.25, 0.3) is 0 Å². The third kappa shape index (κ3) is 22.5. The van der Waals surface area contributed by atoms with Crippen molar-refractivity contribution < 1.29 is 39.5 Å². The largest absolute Gasteiger partial charge is 1.00 e. The summed E-state index contributed by atoms with van der Waals surface area (Å²) in [5.74, 6) is -0.906. The van der Waals surface area contributed by atoms with Crippen molar-refractivity contribution in [3.63, 3.8) is 0 Å². The molecule has 0 bridgehead atoms. The van der Waals surface area contributed by atoms with E-state index in [1.165, 1.54) is 90.1 Å². The van der Waals surface area contributed by atoms with Crippen LogP contribution in [-0.4, -0.2) is 30.5 Å². The Balaban J connectivity index is 0. The smallest absolute Gasteiger partial charge is 0.550 e. The summed E-state index contributed by atoms with van der Waals surface area (Å²) in [7, 11) is 0. The van der Waals surface area contributed by atoms with Gasteiger partial charge >= 0.3 is 29.6 Å². The number of hydrogen-bond donors (Lipinski definition) is 0. The van der Waals surface area contributed by atoms with Gasteiger partial charge in [-0.3, -0.25) is 0 Å². The van der Waals surface area contributed by atoms with Gasteiger partial charge in [-0.2, -0.15) is 0 Å². The van der Waals surface area contributed by atoms with Gasteiger partial charge in [0.05, 0.1) is 0 Å². The maximum Gasteiger partial charge on any atom is 1.00 e. The summed E-state index contributed by atoms with van der Waals surface area (Å²) in [5, 5.41) is 10.5. The fourth-order valence-corrected chi connectivity index (χ4v) is 3.35. The molecule has 0 unspecified atom stereocenters. The second-order valence-corrected chi connectivity index (χ2v) is 7.56. The van der Waals surface area contributed by atoms with Crippen LogP contribution in [0, 0.1) is 0 Å². The summed E-state index contributed by atoms with van der Waals surface area (Å²) in [6.07, 6.45) is 19.4. The predicted octanol–water partition coefficient (Wildman–Crippen LogP) is 2.32. The van der Waals surface area contributed by atoms with Crippen molar-refractivity contribution in [1.29, 1.82) is 0 Å². The van der Waals surface area contributed by atoms with Gasteiger partial charge in [0.2, 0.25) is 0 Å². The number of unbranched alkanes of at least 4 members (excludes halogenated alkanes) is 12. The maximum absolute atomic E-state index is 10.5. The molecule has 0 saturated heterocycles. The quantitative estimate of drug-likeness (QED) is 0.242. The second kappa shape index (κ2) is 23.5. The van der Waals surface area contributed by atoms with E-state index in [0.717, 1.165) is 25.8 Å². The van der Waals surface area contributed by atoms with Crippen LogP contribution in [0.2, 0.25) is 0 Å². The van der Waals surface area contributed by atoms with Crippen molar-refractivity contribution in [3.05, 3.63) is 0 Å². The molecule has 0 amide bonds. The molecule has 0 radical (unpaired) electrons. The summed E-state index contributed by atoms with van der Waals surface area (Å²) >= 11 is 0. The van der Waals surface area contributed by atoms with Crippen molar-refractivity contribution in [3.8, 4) is 0 Å². The first kappa shape index (κ1) is 28.6. The van der Waals surface area contributed by atoms with Gasteiger partial charge in [-0.1, -0.05) is 84.5 Å². The minimum absolute atomic E-state index is 0. The Morgan fingerprint density at radius 3 is 1.35 bits per heavy atom. The maximum atomic E-state index is 10.5. The Labute approximate surface area is 186 Å². The molecular formula is C22H44NNaO2. The molecule has 0 aliphatic carbocycles. The van der Waals surface area contributed by atoms with E-state index in [-0.39, 0.29) is 36.0 Å². The fourth-order valence-electron chi connectivity index (χ4n) is 3.35. The van der Waals surface area contributed by atoms with Gasteiger partial charge in [0, 0.05) is 5.97 Å². The number of carbonyl (C=O) groups is 1. The molecule has 4 heteroatoms. The van der Waals surface area contributed by atoms with Gasteiger partial charge in [-0.15, -0.1) is 0 Å². The number of aliphatic carboxylic acids is 1. The zero-order valence-electron chi connectivity index (χ0n) is 18.2. The first-order valence-corrected chi connectivity index (χ1v) is 11.1. The van der Waals surface area contributed by atoms with Gasteiger partial charge in [0.1, 0.15) is 0 Å². The molecule has 26 heavy (non-hydrogen) atoms. The van der Waals surface area contributed by atoms with Crippen LogP contribution in [0.5, 0.6) is 0 Å².